The Morgan fingerprint density at radius 2 is 1.73 bits per heavy atom. The van der Waals surface area contributed by atoms with Gasteiger partial charge in [-0.15, -0.1) is 0 Å². The monoisotopic (exact) mass is 433 g/mol. The number of para-hydroxylation sites is 1. The summed E-state index contributed by atoms with van der Waals surface area (Å²) in [6.45, 7) is 5.18. The van der Waals surface area contributed by atoms with Crippen molar-refractivity contribution >= 4 is 23.2 Å². The summed E-state index contributed by atoms with van der Waals surface area (Å²) in [6.07, 6.45) is 0. The van der Waals surface area contributed by atoms with Gasteiger partial charge < -0.3 is 19.5 Å². The van der Waals surface area contributed by atoms with Crippen LogP contribution in [-0.4, -0.2) is 75.8 Å². The van der Waals surface area contributed by atoms with Crippen LogP contribution in [0.4, 0.5) is 5.69 Å². The molecule has 8 heteroatoms. The van der Waals surface area contributed by atoms with Gasteiger partial charge in [0.1, 0.15) is 23.9 Å². The Labute approximate surface area is 182 Å². The fourth-order valence-electron chi connectivity index (χ4n) is 3.32. The SMILES string of the molecule is COc1ccc(OC)c(NC(=O)CN2CCN(CCOc3ccccc3Cl)CC2)c1. The third-order valence-corrected chi connectivity index (χ3v) is 5.33. The van der Waals surface area contributed by atoms with Crippen LogP contribution in [0, 0.1) is 0 Å². The van der Waals surface area contributed by atoms with E-state index in [0.29, 0.717) is 41.1 Å². The summed E-state index contributed by atoms with van der Waals surface area (Å²) >= 11 is 6.11. The van der Waals surface area contributed by atoms with E-state index in [1.54, 1.807) is 32.4 Å². The van der Waals surface area contributed by atoms with Crippen molar-refractivity contribution in [3.8, 4) is 17.2 Å². The summed E-state index contributed by atoms with van der Waals surface area (Å²) in [5, 5.41) is 3.55. The van der Waals surface area contributed by atoms with Crippen LogP contribution in [0.25, 0.3) is 0 Å². The lowest BCUT2D eigenvalue weighted by Crippen LogP contribution is -2.49. The number of carbonyl (C=O) groups is 1. The highest BCUT2D eigenvalue weighted by Crippen LogP contribution is 2.28. The number of carbonyl (C=O) groups excluding carboxylic acids is 1. The Hall–Kier alpha value is -2.48. The smallest absolute Gasteiger partial charge is 0.238 e. The van der Waals surface area contributed by atoms with Gasteiger partial charge in [0.15, 0.2) is 0 Å². The molecular weight excluding hydrogens is 406 g/mol. The number of nitrogens with one attached hydrogen (secondary N) is 1. The second-order valence-electron chi connectivity index (χ2n) is 7.01. The van der Waals surface area contributed by atoms with Crippen molar-refractivity contribution in [1.29, 1.82) is 0 Å². The van der Waals surface area contributed by atoms with E-state index in [-0.39, 0.29) is 5.91 Å². The zero-order valence-electron chi connectivity index (χ0n) is 17.4. The second kappa shape index (κ2) is 11.1. The highest BCUT2D eigenvalue weighted by Gasteiger charge is 2.19. The minimum Gasteiger partial charge on any atom is -0.497 e. The first kappa shape index (κ1) is 22.2. The first-order valence-electron chi connectivity index (χ1n) is 9.93. The lowest BCUT2D eigenvalue weighted by molar-refractivity contribution is -0.117. The molecule has 1 fully saturated rings. The van der Waals surface area contributed by atoms with Crippen LogP contribution in [0.15, 0.2) is 42.5 Å². The van der Waals surface area contributed by atoms with Gasteiger partial charge in [-0.3, -0.25) is 14.6 Å². The van der Waals surface area contributed by atoms with Crippen molar-refractivity contribution < 1.29 is 19.0 Å². The Balaban J connectivity index is 1.40. The highest BCUT2D eigenvalue weighted by molar-refractivity contribution is 6.32. The van der Waals surface area contributed by atoms with E-state index >= 15 is 0 Å². The zero-order valence-corrected chi connectivity index (χ0v) is 18.2. The highest BCUT2D eigenvalue weighted by atomic mass is 35.5. The Morgan fingerprint density at radius 3 is 2.43 bits per heavy atom. The van der Waals surface area contributed by atoms with E-state index in [0.717, 1.165) is 32.7 Å². The quantitative estimate of drug-likeness (QED) is 0.656. The van der Waals surface area contributed by atoms with Crippen LogP contribution < -0.4 is 19.5 Å². The standard InChI is InChI=1S/C22H28ClN3O4/c1-28-17-7-8-21(29-2)19(15-17)24-22(27)16-26-11-9-25(10-12-26)13-14-30-20-6-4-3-5-18(20)23/h3-8,15H,9-14,16H2,1-2H3,(H,24,27). The fourth-order valence-corrected chi connectivity index (χ4v) is 3.51. The van der Waals surface area contributed by atoms with Crippen LogP contribution in [0.5, 0.6) is 17.2 Å². The molecule has 2 aromatic rings. The Morgan fingerprint density at radius 1 is 1.00 bits per heavy atom. The number of hydrogen-bond donors (Lipinski definition) is 1. The molecule has 30 heavy (non-hydrogen) atoms. The second-order valence-corrected chi connectivity index (χ2v) is 7.42. The van der Waals surface area contributed by atoms with Crippen LogP contribution in [0.2, 0.25) is 5.02 Å². The van der Waals surface area contributed by atoms with Crippen molar-refractivity contribution in [3.05, 3.63) is 47.5 Å². The van der Waals surface area contributed by atoms with E-state index in [9.17, 15) is 4.79 Å². The Bertz CT molecular complexity index is 841. The van der Waals surface area contributed by atoms with Gasteiger partial charge in [0, 0.05) is 38.8 Å². The maximum Gasteiger partial charge on any atom is 0.238 e. The summed E-state index contributed by atoms with van der Waals surface area (Å²) in [5.74, 6) is 1.91. The maximum atomic E-state index is 12.5. The topological polar surface area (TPSA) is 63.3 Å². The zero-order chi connectivity index (χ0) is 21.3. The minimum atomic E-state index is -0.0722. The lowest BCUT2D eigenvalue weighted by atomic mass is 10.2. The van der Waals surface area contributed by atoms with Crippen LogP contribution in [0.3, 0.4) is 0 Å². The van der Waals surface area contributed by atoms with Crippen molar-refractivity contribution in [2.24, 2.45) is 0 Å². The summed E-state index contributed by atoms with van der Waals surface area (Å²) in [4.78, 5) is 17.0. The molecule has 3 rings (SSSR count). The van der Waals surface area contributed by atoms with Crippen LogP contribution in [-0.2, 0) is 4.79 Å². The first-order valence-corrected chi connectivity index (χ1v) is 10.3. The van der Waals surface area contributed by atoms with Gasteiger partial charge in [-0.05, 0) is 24.3 Å². The predicted octanol–water partition coefficient (Wildman–Crippen LogP) is 2.99. The largest absolute Gasteiger partial charge is 0.497 e. The number of ether oxygens (including phenoxy) is 3. The van der Waals surface area contributed by atoms with Gasteiger partial charge >= 0.3 is 0 Å². The number of piperazine rings is 1. The van der Waals surface area contributed by atoms with Gasteiger partial charge in [-0.2, -0.15) is 0 Å². The number of benzene rings is 2. The van der Waals surface area contributed by atoms with Gasteiger partial charge in [0.2, 0.25) is 5.91 Å². The molecule has 1 heterocycles. The Kier molecular flexibility index (Phi) is 8.19. The number of methoxy groups -OCH3 is 2. The van der Waals surface area contributed by atoms with Crippen molar-refractivity contribution in [2.45, 2.75) is 0 Å². The molecular formula is C22H28ClN3O4. The number of amides is 1. The normalized spacial score (nSPS) is 14.9. The molecule has 0 aliphatic carbocycles. The summed E-state index contributed by atoms with van der Waals surface area (Å²) in [7, 11) is 3.17. The summed E-state index contributed by atoms with van der Waals surface area (Å²) in [5.41, 5.74) is 0.609. The number of rotatable bonds is 9. The molecule has 0 saturated carbocycles. The predicted molar refractivity (Wildman–Crippen MR) is 118 cm³/mol. The molecule has 0 bridgehead atoms. The third-order valence-electron chi connectivity index (χ3n) is 5.01. The molecule has 0 aromatic heterocycles. The number of nitrogens with zero attached hydrogens (tertiary/aromatic N) is 2. The molecule has 0 spiro atoms. The molecule has 0 radical (unpaired) electrons. The fraction of sp³-hybridized carbons (Fsp3) is 0.409. The number of halogens is 1. The average Bonchev–Trinajstić information content (AvgIpc) is 2.76. The summed E-state index contributed by atoms with van der Waals surface area (Å²) in [6, 6.07) is 12.8. The van der Waals surface area contributed by atoms with Gasteiger partial charge in [0.25, 0.3) is 0 Å². The van der Waals surface area contributed by atoms with Crippen LogP contribution >= 0.6 is 11.6 Å². The van der Waals surface area contributed by atoms with E-state index in [4.69, 9.17) is 25.8 Å². The van der Waals surface area contributed by atoms with E-state index < -0.39 is 0 Å². The average molecular weight is 434 g/mol. The molecule has 1 saturated heterocycles. The van der Waals surface area contributed by atoms with Crippen molar-refractivity contribution in [1.82, 2.24) is 9.80 Å². The van der Waals surface area contributed by atoms with E-state index in [1.165, 1.54) is 0 Å². The molecule has 2 aromatic carbocycles. The number of hydrogen-bond acceptors (Lipinski definition) is 6. The van der Waals surface area contributed by atoms with E-state index in [1.807, 2.05) is 24.3 Å². The number of anilines is 1. The molecule has 0 atom stereocenters. The van der Waals surface area contributed by atoms with Crippen LogP contribution in [0.1, 0.15) is 0 Å². The van der Waals surface area contributed by atoms with E-state index in [2.05, 4.69) is 15.1 Å². The maximum absolute atomic E-state index is 12.5. The van der Waals surface area contributed by atoms with Gasteiger partial charge in [-0.25, -0.2) is 0 Å². The van der Waals surface area contributed by atoms with Crippen molar-refractivity contribution in [2.75, 3.05) is 65.4 Å². The third kappa shape index (κ3) is 6.26. The summed E-state index contributed by atoms with van der Waals surface area (Å²) < 4.78 is 16.3. The molecule has 7 nitrogen and oxygen atoms in total. The van der Waals surface area contributed by atoms with Gasteiger partial charge in [0.05, 0.1) is 31.5 Å². The molecule has 162 valence electrons. The van der Waals surface area contributed by atoms with Gasteiger partial charge in [-0.1, -0.05) is 23.7 Å². The molecule has 1 aliphatic heterocycles. The molecule has 1 amide bonds. The van der Waals surface area contributed by atoms with Crippen molar-refractivity contribution in [3.63, 3.8) is 0 Å². The molecule has 1 aliphatic rings. The molecule has 0 unspecified atom stereocenters. The lowest BCUT2D eigenvalue weighted by Gasteiger charge is -2.34. The first-order chi connectivity index (χ1) is 14.6. The minimum absolute atomic E-state index is 0.0722. The molecule has 1 N–H and O–H groups in total.